The lowest BCUT2D eigenvalue weighted by molar-refractivity contribution is 0.517. The number of rotatable bonds is 3. The van der Waals surface area contributed by atoms with E-state index in [1.165, 1.54) is 24.3 Å². The van der Waals surface area contributed by atoms with Gasteiger partial charge in [0.15, 0.2) is 0 Å². The molecule has 140 valence electrons. The van der Waals surface area contributed by atoms with Crippen molar-refractivity contribution in [1.82, 2.24) is 0 Å². The lowest BCUT2D eigenvalue weighted by Gasteiger charge is -2.07. The fourth-order valence-corrected chi connectivity index (χ4v) is 4.15. The van der Waals surface area contributed by atoms with Gasteiger partial charge in [-0.05, 0) is 55.5 Å². The van der Waals surface area contributed by atoms with Gasteiger partial charge >= 0.3 is 0 Å². The summed E-state index contributed by atoms with van der Waals surface area (Å²) in [6, 6.07) is 20.7. The largest absolute Gasteiger partial charge is 0.437 e. The van der Waals surface area contributed by atoms with Crippen molar-refractivity contribution in [1.29, 1.82) is 0 Å². The summed E-state index contributed by atoms with van der Waals surface area (Å²) < 4.78 is 45.6. The Labute approximate surface area is 161 Å². The number of halogens is 1. The van der Waals surface area contributed by atoms with Gasteiger partial charge in [-0.3, -0.25) is 0 Å². The van der Waals surface area contributed by atoms with Crippen LogP contribution in [-0.4, -0.2) is 8.42 Å². The minimum atomic E-state index is -3.87. The summed E-state index contributed by atoms with van der Waals surface area (Å²) in [4.78, 5) is 4.44. The number of hydrogen-bond acceptors (Lipinski definition) is 4. The quantitative estimate of drug-likeness (QED) is 0.495. The van der Waals surface area contributed by atoms with Crippen molar-refractivity contribution in [2.45, 2.75) is 16.7 Å². The summed E-state index contributed by atoms with van der Waals surface area (Å²) in [5, 5.41) is 0.645. The van der Waals surface area contributed by atoms with Crippen LogP contribution in [0.5, 0.6) is 0 Å². The summed E-state index contributed by atoms with van der Waals surface area (Å²) in [5.74, 6) is -0.401. The van der Waals surface area contributed by atoms with E-state index >= 15 is 0 Å². The SMILES string of the molecule is Cc1ccc(S(=O)(=O)c2cc3ccccc3oc2=Nc2ccc(F)cc2)cc1. The molecule has 4 aromatic rings. The minimum absolute atomic E-state index is 0.0422. The monoisotopic (exact) mass is 393 g/mol. The van der Waals surface area contributed by atoms with Crippen molar-refractivity contribution in [3.8, 4) is 0 Å². The molecule has 1 heterocycles. The Morgan fingerprint density at radius 1 is 0.893 bits per heavy atom. The predicted octanol–water partition coefficient (Wildman–Crippen LogP) is 4.95. The molecule has 0 N–H and O–H groups in total. The Kier molecular flexibility index (Phi) is 4.57. The van der Waals surface area contributed by atoms with Gasteiger partial charge in [0.05, 0.1) is 10.6 Å². The highest BCUT2D eigenvalue weighted by molar-refractivity contribution is 7.91. The molecule has 0 aliphatic carbocycles. The third-order valence-corrected chi connectivity index (χ3v) is 6.07. The van der Waals surface area contributed by atoms with E-state index in [1.54, 1.807) is 54.6 Å². The maximum absolute atomic E-state index is 13.3. The van der Waals surface area contributed by atoms with E-state index in [4.69, 9.17) is 4.42 Å². The summed E-state index contributed by atoms with van der Waals surface area (Å²) in [6.07, 6.45) is 0. The maximum atomic E-state index is 13.3. The molecule has 28 heavy (non-hydrogen) atoms. The van der Waals surface area contributed by atoms with E-state index < -0.39 is 15.7 Å². The van der Waals surface area contributed by atoms with Gasteiger partial charge in [-0.2, -0.15) is 0 Å². The fraction of sp³-hybridized carbons (Fsp3) is 0.0455. The molecule has 0 bridgehead atoms. The third-order valence-electron chi connectivity index (χ3n) is 4.30. The van der Waals surface area contributed by atoms with Gasteiger partial charge in [-0.1, -0.05) is 35.9 Å². The molecule has 3 aromatic carbocycles. The lowest BCUT2D eigenvalue weighted by atomic mass is 10.2. The molecule has 0 radical (unpaired) electrons. The van der Waals surface area contributed by atoms with Gasteiger partial charge in [-0.25, -0.2) is 17.8 Å². The van der Waals surface area contributed by atoms with Crippen LogP contribution >= 0.6 is 0 Å². The topological polar surface area (TPSA) is 59.6 Å². The molecule has 0 aliphatic heterocycles. The zero-order chi connectivity index (χ0) is 19.7. The molecular weight excluding hydrogens is 377 g/mol. The molecule has 0 spiro atoms. The summed E-state index contributed by atoms with van der Waals surface area (Å²) in [5.41, 5.74) is 1.80. The molecule has 0 atom stereocenters. The van der Waals surface area contributed by atoms with Crippen LogP contribution < -0.4 is 5.55 Å². The molecular formula is C22H16FNO3S. The number of fused-ring (bicyclic) bond motifs is 1. The van der Waals surface area contributed by atoms with Crippen molar-refractivity contribution in [2.24, 2.45) is 4.99 Å². The first-order valence-corrected chi connectivity index (χ1v) is 10.1. The van der Waals surface area contributed by atoms with Gasteiger partial charge < -0.3 is 4.42 Å². The fourth-order valence-electron chi connectivity index (χ4n) is 2.80. The number of hydrogen-bond donors (Lipinski definition) is 0. The van der Waals surface area contributed by atoms with Crippen LogP contribution in [0.3, 0.4) is 0 Å². The van der Waals surface area contributed by atoms with Crippen molar-refractivity contribution >= 4 is 26.5 Å². The maximum Gasteiger partial charge on any atom is 0.239 e. The zero-order valence-corrected chi connectivity index (χ0v) is 15.8. The lowest BCUT2D eigenvalue weighted by Crippen LogP contribution is -2.15. The van der Waals surface area contributed by atoms with E-state index in [9.17, 15) is 12.8 Å². The van der Waals surface area contributed by atoms with Gasteiger partial charge in [0.1, 0.15) is 16.3 Å². The van der Waals surface area contributed by atoms with E-state index in [-0.39, 0.29) is 15.3 Å². The summed E-state index contributed by atoms with van der Waals surface area (Å²) in [7, 11) is -3.87. The average Bonchev–Trinajstić information content (AvgIpc) is 2.69. The minimum Gasteiger partial charge on any atom is -0.437 e. The van der Waals surface area contributed by atoms with E-state index in [2.05, 4.69) is 4.99 Å². The van der Waals surface area contributed by atoms with Crippen LogP contribution in [0.15, 0.2) is 98.1 Å². The Hall–Kier alpha value is -3.25. The highest BCUT2D eigenvalue weighted by Crippen LogP contribution is 2.23. The van der Waals surface area contributed by atoms with Crippen LogP contribution in [0.1, 0.15) is 5.56 Å². The first-order chi connectivity index (χ1) is 13.4. The molecule has 0 saturated heterocycles. The summed E-state index contributed by atoms with van der Waals surface area (Å²) in [6.45, 7) is 1.89. The van der Waals surface area contributed by atoms with Crippen LogP contribution in [0.4, 0.5) is 10.1 Å². The number of benzene rings is 3. The number of aryl methyl sites for hydroxylation is 1. The van der Waals surface area contributed by atoms with Gasteiger partial charge in [0.2, 0.25) is 15.4 Å². The highest BCUT2D eigenvalue weighted by atomic mass is 32.2. The van der Waals surface area contributed by atoms with Crippen molar-refractivity contribution in [3.05, 3.63) is 95.8 Å². The first-order valence-electron chi connectivity index (χ1n) is 8.58. The van der Waals surface area contributed by atoms with Gasteiger partial charge in [0, 0.05) is 5.39 Å². The third kappa shape index (κ3) is 3.46. The molecule has 0 fully saturated rings. The smallest absolute Gasteiger partial charge is 0.239 e. The number of para-hydroxylation sites is 1. The second kappa shape index (κ2) is 7.05. The molecule has 0 saturated carbocycles. The molecule has 4 rings (SSSR count). The Balaban J connectivity index is 2.00. The summed E-state index contributed by atoms with van der Waals surface area (Å²) >= 11 is 0. The molecule has 0 aliphatic rings. The number of nitrogens with zero attached hydrogens (tertiary/aromatic N) is 1. The van der Waals surface area contributed by atoms with E-state index in [0.717, 1.165) is 5.56 Å². The first kappa shape index (κ1) is 18.1. The van der Waals surface area contributed by atoms with Crippen molar-refractivity contribution in [3.63, 3.8) is 0 Å². The second-order valence-electron chi connectivity index (χ2n) is 6.36. The van der Waals surface area contributed by atoms with Gasteiger partial charge in [-0.15, -0.1) is 0 Å². The average molecular weight is 393 g/mol. The zero-order valence-electron chi connectivity index (χ0n) is 15.0. The Morgan fingerprint density at radius 3 is 2.29 bits per heavy atom. The Morgan fingerprint density at radius 2 is 1.57 bits per heavy atom. The van der Waals surface area contributed by atoms with E-state index in [1.807, 2.05) is 6.92 Å². The van der Waals surface area contributed by atoms with E-state index in [0.29, 0.717) is 16.7 Å². The van der Waals surface area contributed by atoms with Crippen LogP contribution in [-0.2, 0) is 9.84 Å². The van der Waals surface area contributed by atoms with Crippen molar-refractivity contribution in [2.75, 3.05) is 0 Å². The second-order valence-corrected chi connectivity index (χ2v) is 8.28. The Bertz CT molecular complexity index is 1320. The molecule has 6 heteroatoms. The predicted molar refractivity (Wildman–Crippen MR) is 104 cm³/mol. The van der Waals surface area contributed by atoms with Crippen molar-refractivity contribution < 1.29 is 17.2 Å². The normalized spacial score (nSPS) is 12.4. The molecule has 1 aromatic heterocycles. The standard InChI is InChI=1S/C22H16FNO3S/c1-15-6-12-19(13-7-15)28(25,26)21-14-16-4-2-3-5-20(16)27-22(21)24-18-10-8-17(23)9-11-18/h2-14H,1H3. The number of sulfone groups is 1. The van der Waals surface area contributed by atoms with Crippen LogP contribution in [0.25, 0.3) is 11.0 Å². The molecule has 4 nitrogen and oxygen atoms in total. The highest BCUT2D eigenvalue weighted by Gasteiger charge is 2.22. The van der Waals surface area contributed by atoms with Gasteiger partial charge in [0.25, 0.3) is 0 Å². The molecule has 0 amide bonds. The van der Waals surface area contributed by atoms with Crippen LogP contribution in [0.2, 0.25) is 0 Å². The van der Waals surface area contributed by atoms with Crippen LogP contribution in [0, 0.1) is 12.7 Å². The molecule has 0 unspecified atom stereocenters.